The van der Waals surface area contributed by atoms with Gasteiger partial charge in [0.15, 0.2) is 17.9 Å². The zero-order valence-corrected chi connectivity index (χ0v) is 10.3. The van der Waals surface area contributed by atoms with Gasteiger partial charge in [0.05, 0.1) is 12.9 Å². The monoisotopic (exact) mass is 287 g/mol. The number of rotatable bonds is 2. The summed E-state index contributed by atoms with van der Waals surface area (Å²) < 4.78 is 20.4. The van der Waals surface area contributed by atoms with E-state index in [9.17, 15) is 14.7 Å². The number of halogens is 1. The fraction of sp³-hybridized carbons (Fsp3) is 0.600. The minimum Gasteiger partial charge on any atom is -0.394 e. The molecule has 10 heteroatoms. The van der Waals surface area contributed by atoms with Crippen molar-refractivity contribution >= 4 is 11.7 Å². The number of fused-ring (bicyclic) bond motifs is 1. The Kier molecular flexibility index (Phi) is 3.09. The largest absolute Gasteiger partial charge is 0.394 e. The van der Waals surface area contributed by atoms with Crippen LogP contribution in [0.2, 0.25) is 0 Å². The fourth-order valence-corrected chi connectivity index (χ4v) is 2.35. The Hall–Kier alpha value is -1.75. The van der Waals surface area contributed by atoms with Gasteiger partial charge in [-0.05, 0) is 0 Å². The van der Waals surface area contributed by atoms with E-state index in [0.717, 1.165) is 0 Å². The third-order valence-corrected chi connectivity index (χ3v) is 3.40. The predicted octanol–water partition coefficient (Wildman–Crippen LogP) is -2.14. The highest BCUT2D eigenvalue weighted by molar-refractivity contribution is 6.01. The van der Waals surface area contributed by atoms with Gasteiger partial charge in [-0.15, -0.1) is 0 Å². The zero-order chi connectivity index (χ0) is 14.4. The van der Waals surface area contributed by atoms with Crippen LogP contribution in [0.25, 0.3) is 0 Å². The first-order valence-corrected chi connectivity index (χ1v) is 5.97. The lowest BCUT2D eigenvalue weighted by Crippen LogP contribution is -2.34. The molecule has 20 heavy (non-hydrogen) atoms. The van der Waals surface area contributed by atoms with E-state index in [1.807, 2.05) is 0 Å². The second-order valence-electron chi connectivity index (χ2n) is 4.60. The Bertz CT molecular complexity index is 550. The summed E-state index contributed by atoms with van der Waals surface area (Å²) >= 11 is 0. The van der Waals surface area contributed by atoms with Crippen molar-refractivity contribution in [2.75, 3.05) is 18.4 Å². The lowest BCUT2D eigenvalue weighted by molar-refractivity contribution is -0.0525. The number of nitrogens with zero attached hydrogens (tertiary/aromatic N) is 4. The predicted molar refractivity (Wildman–Crippen MR) is 64.4 cm³/mol. The van der Waals surface area contributed by atoms with E-state index in [2.05, 4.69) is 9.98 Å². The molecular weight excluding hydrogens is 273 g/mol. The molecule has 0 amide bonds. The molecule has 0 saturated carbocycles. The number of aliphatic hydroxyl groups is 3. The van der Waals surface area contributed by atoms with Gasteiger partial charge in [-0.3, -0.25) is 4.57 Å². The Morgan fingerprint density at radius 1 is 1.45 bits per heavy atom. The standard InChI is InChI=1S/C10H14FN5O4/c11-16-3-14-8(12)5-9(16)15(2-13-5)10-7(19)6(18)4(1-17)20-10/h2,4,6-7,10,17-19H,1,3H2,(H2,12,14)/t4-,6+,7-,10-/m1/s1. The molecule has 0 unspecified atom stereocenters. The van der Waals surface area contributed by atoms with Crippen LogP contribution in [-0.2, 0) is 4.74 Å². The smallest absolute Gasteiger partial charge is 0.173 e. The molecule has 9 nitrogen and oxygen atoms in total. The lowest BCUT2D eigenvalue weighted by Gasteiger charge is -2.23. The van der Waals surface area contributed by atoms with Gasteiger partial charge in [-0.25, -0.2) is 9.98 Å². The first-order chi connectivity index (χ1) is 9.54. The number of aliphatic hydroxyl groups excluding tert-OH is 3. The van der Waals surface area contributed by atoms with Crippen molar-refractivity contribution in [1.29, 1.82) is 0 Å². The number of hydrogen-bond donors (Lipinski definition) is 4. The second kappa shape index (κ2) is 4.66. The lowest BCUT2D eigenvalue weighted by atomic mass is 10.1. The highest BCUT2D eigenvalue weighted by atomic mass is 19.2. The Morgan fingerprint density at radius 2 is 2.20 bits per heavy atom. The molecule has 1 aromatic rings. The summed E-state index contributed by atoms with van der Waals surface area (Å²) in [5.41, 5.74) is 5.76. The second-order valence-corrected chi connectivity index (χ2v) is 4.60. The number of anilines is 1. The Morgan fingerprint density at radius 3 is 2.85 bits per heavy atom. The SMILES string of the molecule is NC1=NCN(F)c2c1ncn2[C@@H]1O[C@H](CO)[C@H](O)[C@H]1O. The highest BCUT2D eigenvalue weighted by Crippen LogP contribution is 2.35. The normalized spacial score (nSPS) is 33.2. The minimum atomic E-state index is -1.32. The van der Waals surface area contributed by atoms with Gasteiger partial charge in [-0.1, -0.05) is 4.48 Å². The van der Waals surface area contributed by atoms with Crippen molar-refractivity contribution in [3.8, 4) is 0 Å². The van der Waals surface area contributed by atoms with Gasteiger partial charge in [0.2, 0.25) is 0 Å². The van der Waals surface area contributed by atoms with E-state index >= 15 is 0 Å². The van der Waals surface area contributed by atoms with Crippen LogP contribution in [0.4, 0.5) is 10.3 Å². The van der Waals surface area contributed by atoms with E-state index in [4.69, 9.17) is 15.6 Å². The van der Waals surface area contributed by atoms with Crippen LogP contribution in [0.3, 0.4) is 0 Å². The summed E-state index contributed by atoms with van der Waals surface area (Å²) in [7, 11) is 0. The van der Waals surface area contributed by atoms with Gasteiger partial charge in [-0.2, -0.15) is 5.12 Å². The van der Waals surface area contributed by atoms with Crippen LogP contribution >= 0.6 is 0 Å². The van der Waals surface area contributed by atoms with Crippen LogP contribution in [-0.4, -0.2) is 62.3 Å². The van der Waals surface area contributed by atoms with E-state index in [-0.39, 0.29) is 24.0 Å². The maximum atomic E-state index is 13.9. The molecule has 0 spiro atoms. The molecule has 0 aromatic carbocycles. The molecule has 1 saturated heterocycles. The molecule has 2 aliphatic rings. The van der Waals surface area contributed by atoms with Crippen molar-refractivity contribution < 1.29 is 24.5 Å². The van der Waals surface area contributed by atoms with E-state index in [0.29, 0.717) is 5.12 Å². The number of nitrogens with two attached hydrogens (primary N) is 1. The van der Waals surface area contributed by atoms with Gasteiger partial charge >= 0.3 is 0 Å². The molecule has 1 aromatic heterocycles. The molecule has 1 fully saturated rings. The van der Waals surface area contributed by atoms with Crippen molar-refractivity contribution in [3.63, 3.8) is 0 Å². The summed E-state index contributed by atoms with van der Waals surface area (Å²) in [4.78, 5) is 7.67. The summed E-state index contributed by atoms with van der Waals surface area (Å²) in [5, 5.41) is 29.0. The topological polar surface area (TPSA) is 129 Å². The zero-order valence-electron chi connectivity index (χ0n) is 10.3. The van der Waals surface area contributed by atoms with Crippen molar-refractivity contribution in [2.24, 2.45) is 10.7 Å². The third kappa shape index (κ3) is 1.77. The molecule has 110 valence electrons. The molecule has 0 bridgehead atoms. The van der Waals surface area contributed by atoms with Crippen molar-refractivity contribution in [3.05, 3.63) is 12.0 Å². The van der Waals surface area contributed by atoms with Crippen molar-refractivity contribution in [2.45, 2.75) is 24.5 Å². The maximum Gasteiger partial charge on any atom is 0.173 e. The molecule has 5 N–H and O–H groups in total. The van der Waals surface area contributed by atoms with Gasteiger partial charge in [0.1, 0.15) is 30.7 Å². The summed E-state index contributed by atoms with van der Waals surface area (Å²) in [6.07, 6.45) is -3.37. The van der Waals surface area contributed by atoms with Crippen LogP contribution in [0, 0.1) is 0 Å². The Labute approximate surface area is 112 Å². The van der Waals surface area contributed by atoms with Gasteiger partial charge in [0, 0.05) is 0 Å². The summed E-state index contributed by atoms with van der Waals surface area (Å²) in [6.45, 7) is -0.756. The minimum absolute atomic E-state index is 0.00709. The van der Waals surface area contributed by atoms with Crippen LogP contribution in [0.15, 0.2) is 11.3 Å². The molecule has 4 atom stereocenters. The van der Waals surface area contributed by atoms with E-state index in [1.54, 1.807) is 0 Å². The van der Waals surface area contributed by atoms with Crippen molar-refractivity contribution in [1.82, 2.24) is 9.55 Å². The fourth-order valence-electron chi connectivity index (χ4n) is 2.35. The molecule has 0 radical (unpaired) electrons. The molecular formula is C10H14FN5O4. The van der Waals surface area contributed by atoms with Gasteiger partial charge in [0.25, 0.3) is 0 Å². The van der Waals surface area contributed by atoms with E-state index in [1.165, 1.54) is 10.9 Å². The summed E-state index contributed by atoms with van der Waals surface area (Å²) in [5.74, 6) is 0.0757. The molecule has 0 aliphatic carbocycles. The van der Waals surface area contributed by atoms with Crippen LogP contribution < -0.4 is 10.9 Å². The number of amidine groups is 1. The number of ether oxygens (including phenoxy) is 1. The highest BCUT2D eigenvalue weighted by Gasteiger charge is 2.45. The maximum absolute atomic E-state index is 13.9. The third-order valence-electron chi connectivity index (χ3n) is 3.40. The van der Waals surface area contributed by atoms with E-state index < -0.39 is 31.1 Å². The Balaban J connectivity index is 1.99. The number of aliphatic imine (C=N–C) groups is 1. The first-order valence-electron chi connectivity index (χ1n) is 5.97. The summed E-state index contributed by atoms with van der Waals surface area (Å²) in [6, 6.07) is 0. The molecule has 3 rings (SSSR count). The molecule has 2 aliphatic heterocycles. The quantitative estimate of drug-likeness (QED) is 0.457. The first kappa shape index (κ1) is 13.2. The van der Waals surface area contributed by atoms with Gasteiger partial charge < -0.3 is 25.8 Å². The average Bonchev–Trinajstić information content (AvgIpc) is 2.99. The number of aromatic nitrogens is 2. The molecule has 3 heterocycles. The average molecular weight is 287 g/mol. The van der Waals surface area contributed by atoms with Crippen LogP contribution in [0.5, 0.6) is 0 Å². The number of imidazole rings is 1. The van der Waals surface area contributed by atoms with Crippen LogP contribution in [0.1, 0.15) is 11.9 Å². The number of hydrogen-bond acceptors (Lipinski definition) is 8.